The van der Waals surface area contributed by atoms with Crippen molar-refractivity contribution >= 4 is 44.2 Å². The van der Waals surface area contributed by atoms with Crippen molar-refractivity contribution in [3.63, 3.8) is 0 Å². The first-order valence-corrected chi connectivity index (χ1v) is 9.44. The highest BCUT2D eigenvalue weighted by atomic mass is 35.5. The molecule has 0 spiro atoms. The number of methoxy groups -OCH3 is 1. The zero-order chi connectivity index (χ0) is 19.6. The van der Waals surface area contributed by atoms with Crippen LogP contribution in [0.15, 0.2) is 36.4 Å². The summed E-state index contributed by atoms with van der Waals surface area (Å²) in [5, 5.41) is 0.947. The van der Waals surface area contributed by atoms with E-state index in [2.05, 4.69) is 4.98 Å². The van der Waals surface area contributed by atoms with Gasteiger partial charge in [0, 0.05) is 18.1 Å². The van der Waals surface area contributed by atoms with Crippen LogP contribution in [0.2, 0.25) is 5.02 Å². The standard InChI is InChI=1S/C19H19ClFN3O2S/c1-23(2)8-9-24(18(25)14-10-12(20)4-7-16(14)26-3)19-22-15-6-5-13(21)11-17(15)27-19/h4-7,10-11H,8-9H2,1-3H3. The van der Waals surface area contributed by atoms with Crippen molar-refractivity contribution < 1.29 is 13.9 Å². The largest absolute Gasteiger partial charge is 0.496 e. The first-order valence-electron chi connectivity index (χ1n) is 8.25. The van der Waals surface area contributed by atoms with Crippen molar-refractivity contribution in [3.8, 4) is 5.75 Å². The van der Waals surface area contributed by atoms with E-state index in [0.717, 1.165) is 0 Å². The van der Waals surface area contributed by atoms with Gasteiger partial charge in [-0.1, -0.05) is 22.9 Å². The molecule has 0 aliphatic rings. The summed E-state index contributed by atoms with van der Waals surface area (Å²) in [4.78, 5) is 21.4. The van der Waals surface area contributed by atoms with Crippen molar-refractivity contribution in [2.75, 3.05) is 39.2 Å². The predicted octanol–water partition coefficient (Wildman–Crippen LogP) is 4.31. The summed E-state index contributed by atoms with van der Waals surface area (Å²) in [5.41, 5.74) is 1.01. The van der Waals surface area contributed by atoms with Crippen LogP contribution in [-0.4, -0.2) is 50.1 Å². The van der Waals surface area contributed by atoms with Crippen molar-refractivity contribution in [1.29, 1.82) is 0 Å². The maximum atomic E-state index is 13.5. The Balaban J connectivity index is 2.04. The van der Waals surface area contributed by atoms with E-state index in [1.165, 1.54) is 30.6 Å². The molecule has 2 aromatic carbocycles. The smallest absolute Gasteiger partial charge is 0.263 e. The Kier molecular flexibility index (Phi) is 5.94. The van der Waals surface area contributed by atoms with Gasteiger partial charge in [-0.3, -0.25) is 9.69 Å². The Hall–Kier alpha value is -2.22. The van der Waals surface area contributed by atoms with Crippen molar-refractivity contribution in [2.24, 2.45) is 0 Å². The van der Waals surface area contributed by atoms with Crippen LogP contribution in [0, 0.1) is 5.82 Å². The van der Waals surface area contributed by atoms with Crippen LogP contribution in [0.3, 0.4) is 0 Å². The molecule has 0 atom stereocenters. The number of carbonyl (C=O) groups excluding carboxylic acids is 1. The molecule has 0 unspecified atom stereocenters. The number of thiazole rings is 1. The Labute approximate surface area is 165 Å². The molecule has 3 rings (SSSR count). The number of likely N-dealkylation sites (N-methyl/N-ethyl adjacent to an activating group) is 1. The topological polar surface area (TPSA) is 45.7 Å². The first kappa shape index (κ1) is 19.5. The molecule has 5 nitrogen and oxygen atoms in total. The molecule has 0 bridgehead atoms. The molecular formula is C19H19ClFN3O2S. The van der Waals surface area contributed by atoms with E-state index < -0.39 is 0 Å². The fourth-order valence-corrected chi connectivity index (χ4v) is 3.77. The molecule has 0 radical (unpaired) electrons. The molecule has 0 saturated heterocycles. The summed E-state index contributed by atoms with van der Waals surface area (Å²) in [5.74, 6) is -0.164. The molecule has 1 heterocycles. The van der Waals surface area contributed by atoms with Crippen LogP contribution in [0.5, 0.6) is 5.75 Å². The monoisotopic (exact) mass is 407 g/mol. The van der Waals surface area contributed by atoms with Gasteiger partial charge >= 0.3 is 0 Å². The second-order valence-corrected chi connectivity index (χ2v) is 7.66. The molecule has 8 heteroatoms. The van der Waals surface area contributed by atoms with Crippen LogP contribution in [-0.2, 0) is 0 Å². The highest BCUT2D eigenvalue weighted by Crippen LogP contribution is 2.32. The fraction of sp³-hybridized carbons (Fsp3) is 0.263. The minimum Gasteiger partial charge on any atom is -0.496 e. The molecule has 27 heavy (non-hydrogen) atoms. The predicted molar refractivity (Wildman–Crippen MR) is 108 cm³/mol. The van der Waals surface area contributed by atoms with Gasteiger partial charge in [0.1, 0.15) is 11.6 Å². The van der Waals surface area contributed by atoms with E-state index in [1.54, 1.807) is 29.2 Å². The zero-order valence-corrected chi connectivity index (χ0v) is 16.8. The van der Waals surface area contributed by atoms with Gasteiger partial charge in [0.15, 0.2) is 5.13 Å². The SMILES string of the molecule is COc1ccc(Cl)cc1C(=O)N(CCN(C)C)c1nc2ccc(F)cc2s1. The second-order valence-electron chi connectivity index (χ2n) is 6.21. The lowest BCUT2D eigenvalue weighted by Gasteiger charge is -2.23. The number of aromatic nitrogens is 1. The molecule has 1 aromatic heterocycles. The maximum Gasteiger partial charge on any atom is 0.263 e. The van der Waals surface area contributed by atoms with Gasteiger partial charge in [-0.15, -0.1) is 0 Å². The minimum atomic E-state index is -0.333. The Morgan fingerprint density at radius 2 is 2.00 bits per heavy atom. The molecular weight excluding hydrogens is 389 g/mol. The number of ether oxygens (including phenoxy) is 1. The molecule has 0 aliphatic carbocycles. The molecule has 0 aliphatic heterocycles. The van der Waals surface area contributed by atoms with Crippen LogP contribution >= 0.6 is 22.9 Å². The number of hydrogen-bond donors (Lipinski definition) is 0. The Morgan fingerprint density at radius 3 is 2.70 bits per heavy atom. The molecule has 0 fully saturated rings. The van der Waals surface area contributed by atoms with Gasteiger partial charge in [0.05, 0.1) is 22.9 Å². The van der Waals surface area contributed by atoms with E-state index in [9.17, 15) is 9.18 Å². The number of anilines is 1. The van der Waals surface area contributed by atoms with Gasteiger partial charge in [-0.05, 0) is 50.5 Å². The van der Waals surface area contributed by atoms with Gasteiger partial charge in [-0.2, -0.15) is 0 Å². The highest BCUT2D eigenvalue weighted by Gasteiger charge is 2.24. The van der Waals surface area contributed by atoms with E-state index >= 15 is 0 Å². The lowest BCUT2D eigenvalue weighted by molar-refractivity contribution is 0.0982. The van der Waals surface area contributed by atoms with Crippen LogP contribution < -0.4 is 9.64 Å². The lowest BCUT2D eigenvalue weighted by atomic mass is 10.1. The summed E-state index contributed by atoms with van der Waals surface area (Å²) < 4.78 is 19.5. The summed E-state index contributed by atoms with van der Waals surface area (Å²) in [7, 11) is 5.36. The van der Waals surface area contributed by atoms with Gasteiger partial charge in [0.2, 0.25) is 0 Å². The number of nitrogens with zero attached hydrogens (tertiary/aromatic N) is 3. The summed E-state index contributed by atoms with van der Waals surface area (Å²) in [6, 6.07) is 9.30. The third-order valence-electron chi connectivity index (χ3n) is 3.98. The van der Waals surface area contributed by atoms with Crippen LogP contribution in [0.25, 0.3) is 10.2 Å². The summed E-state index contributed by atoms with van der Waals surface area (Å²) in [6.07, 6.45) is 0. The Bertz CT molecular complexity index is 977. The average Bonchev–Trinajstić information content (AvgIpc) is 3.04. The van der Waals surface area contributed by atoms with E-state index in [0.29, 0.717) is 44.8 Å². The fourth-order valence-electron chi connectivity index (χ4n) is 2.58. The third kappa shape index (κ3) is 4.37. The molecule has 1 amide bonds. The lowest BCUT2D eigenvalue weighted by Crippen LogP contribution is -2.37. The second kappa shape index (κ2) is 8.21. The van der Waals surface area contributed by atoms with E-state index in [1.807, 2.05) is 19.0 Å². The van der Waals surface area contributed by atoms with Gasteiger partial charge < -0.3 is 9.64 Å². The molecule has 0 N–H and O–H groups in total. The van der Waals surface area contributed by atoms with Crippen LogP contribution in [0.1, 0.15) is 10.4 Å². The zero-order valence-electron chi connectivity index (χ0n) is 15.2. The van der Waals surface area contributed by atoms with E-state index in [-0.39, 0.29) is 11.7 Å². The average molecular weight is 408 g/mol. The number of carbonyl (C=O) groups is 1. The highest BCUT2D eigenvalue weighted by molar-refractivity contribution is 7.22. The van der Waals surface area contributed by atoms with Crippen molar-refractivity contribution in [1.82, 2.24) is 9.88 Å². The number of halogens is 2. The first-order chi connectivity index (χ1) is 12.9. The summed E-state index contributed by atoms with van der Waals surface area (Å²) in [6.45, 7) is 1.06. The van der Waals surface area contributed by atoms with Crippen LogP contribution in [0.4, 0.5) is 9.52 Å². The normalized spacial score (nSPS) is 11.2. The van der Waals surface area contributed by atoms with Gasteiger partial charge in [-0.25, -0.2) is 9.37 Å². The quantitative estimate of drug-likeness (QED) is 0.611. The molecule has 3 aromatic rings. The van der Waals surface area contributed by atoms with Gasteiger partial charge in [0.25, 0.3) is 5.91 Å². The maximum absolute atomic E-state index is 13.5. The number of hydrogen-bond acceptors (Lipinski definition) is 5. The molecule has 0 saturated carbocycles. The minimum absolute atomic E-state index is 0.268. The van der Waals surface area contributed by atoms with Crippen molar-refractivity contribution in [3.05, 3.63) is 52.8 Å². The van der Waals surface area contributed by atoms with Crippen molar-refractivity contribution in [2.45, 2.75) is 0 Å². The number of benzene rings is 2. The number of amides is 1. The molecule has 142 valence electrons. The Morgan fingerprint density at radius 1 is 1.22 bits per heavy atom. The third-order valence-corrected chi connectivity index (χ3v) is 5.25. The summed E-state index contributed by atoms with van der Waals surface area (Å²) >= 11 is 7.36. The van der Waals surface area contributed by atoms with E-state index in [4.69, 9.17) is 16.3 Å². The number of rotatable bonds is 6. The number of fused-ring (bicyclic) bond motifs is 1.